The number of aliphatic hydroxyl groups is 3. The zero-order valence-corrected chi connectivity index (χ0v) is 3.51. The highest BCUT2D eigenvalue weighted by atomic mass is 16.7. The van der Waals surface area contributed by atoms with Crippen LogP contribution in [0.15, 0.2) is 0 Å². The molecule has 3 heteroatoms. The van der Waals surface area contributed by atoms with Crippen molar-refractivity contribution in [3.8, 4) is 0 Å². The molecule has 0 radical (unpaired) electrons. The van der Waals surface area contributed by atoms with Gasteiger partial charge in [0.2, 0.25) is 1.43 Å². The minimum Gasteiger partial charge on any atom is -0.344 e. The lowest BCUT2D eigenvalue weighted by atomic mass is 10.4. The number of hydrogen-bond acceptors (Lipinski definition) is 3. The van der Waals surface area contributed by atoms with E-state index in [4.69, 9.17) is 11.6 Å². The highest BCUT2D eigenvalue weighted by molar-refractivity contribution is 4.35. The smallest absolute Gasteiger partial charge is 0.274 e. The van der Waals surface area contributed by atoms with Crippen molar-refractivity contribution in [2.24, 2.45) is 0 Å². The van der Waals surface area contributed by atoms with Crippen LogP contribution in [0.5, 0.6) is 0 Å². The van der Waals surface area contributed by atoms with Crippen LogP contribution < -0.4 is 0 Å². The molecule has 0 unspecified atom stereocenters. The largest absolute Gasteiger partial charge is 0.344 e. The van der Waals surface area contributed by atoms with Gasteiger partial charge in [0.15, 0.2) is 0 Å². The highest BCUT2D eigenvalue weighted by Gasteiger charge is 2.11. The van der Waals surface area contributed by atoms with Gasteiger partial charge in [-0.2, -0.15) is 0 Å². The molecule has 0 aromatic heterocycles. The maximum absolute atomic E-state index is 8.28. The van der Waals surface area contributed by atoms with Gasteiger partial charge in [0, 0.05) is 6.42 Å². The van der Waals surface area contributed by atoms with E-state index in [0.717, 1.165) is 0 Å². The Morgan fingerprint density at radius 1 is 1.83 bits per heavy atom. The first-order valence-corrected chi connectivity index (χ1v) is 1.71. The summed E-state index contributed by atoms with van der Waals surface area (Å²) in [5, 5.41) is 20.0. The van der Waals surface area contributed by atoms with Crippen molar-refractivity contribution < 1.29 is 15.3 Å². The summed E-state index contributed by atoms with van der Waals surface area (Å²) in [5.41, 5.74) is 0. The van der Waals surface area contributed by atoms with Crippen molar-refractivity contribution in [3.63, 3.8) is 0 Å². The molecule has 0 aliphatic heterocycles. The molecule has 0 aliphatic carbocycles. The van der Waals surface area contributed by atoms with E-state index >= 15 is 0 Å². The Labute approximate surface area is 37.3 Å². The predicted molar refractivity (Wildman–Crippen MR) is 19.7 cm³/mol. The van der Waals surface area contributed by atoms with Crippen molar-refractivity contribution in [1.29, 1.82) is 1.43 Å². The summed E-state index contributed by atoms with van der Waals surface area (Å²) in [6.45, 7) is 1.49. The van der Waals surface area contributed by atoms with E-state index < -0.39 is 5.97 Å². The van der Waals surface area contributed by atoms with E-state index in [9.17, 15) is 0 Å². The third-order valence-corrected chi connectivity index (χ3v) is 0.461. The van der Waals surface area contributed by atoms with Gasteiger partial charge < -0.3 is 15.3 Å². The Morgan fingerprint density at radius 2 is 2.33 bits per heavy atom. The fraction of sp³-hybridized carbons (Fsp3) is 1.00. The Morgan fingerprint density at radius 3 is 2.33 bits per heavy atom. The van der Waals surface area contributed by atoms with Gasteiger partial charge in [-0.05, 0) is 0 Å². The molecule has 38 valence electrons. The molecule has 0 aliphatic rings. The van der Waals surface area contributed by atoms with Crippen LogP contribution in [0.4, 0.5) is 0 Å². The lowest BCUT2D eigenvalue weighted by molar-refractivity contribution is -0.312. The summed E-state index contributed by atoms with van der Waals surface area (Å²) in [4.78, 5) is 0. The molecule has 0 bridgehead atoms. The van der Waals surface area contributed by atoms with Gasteiger partial charge in [-0.3, -0.25) is 0 Å². The van der Waals surface area contributed by atoms with Crippen molar-refractivity contribution in [2.75, 3.05) is 0 Å². The minimum atomic E-state index is -2.25. The summed E-state index contributed by atoms with van der Waals surface area (Å²) in [5.74, 6) is -2.25. The van der Waals surface area contributed by atoms with E-state index in [2.05, 4.69) is 5.11 Å². The van der Waals surface area contributed by atoms with Crippen LogP contribution in [0.25, 0.3) is 0 Å². The zero-order chi connectivity index (χ0) is 5.91. The molecule has 0 aromatic rings. The van der Waals surface area contributed by atoms with Gasteiger partial charge in [0.1, 0.15) is 0 Å². The van der Waals surface area contributed by atoms with Gasteiger partial charge in [-0.1, -0.05) is 6.92 Å². The van der Waals surface area contributed by atoms with Crippen LogP contribution in [0.1, 0.15) is 13.3 Å². The lowest BCUT2D eigenvalue weighted by Crippen LogP contribution is -2.24. The van der Waals surface area contributed by atoms with E-state index in [-0.39, 0.29) is 6.42 Å². The first-order valence-electron chi connectivity index (χ1n) is 2.12. The number of hydrogen-bond donors (Lipinski definition) is 3. The average molecular weight is 93.1 g/mol. The van der Waals surface area contributed by atoms with E-state index in [1.807, 2.05) is 0 Å². The molecule has 3 N–H and O–H groups in total. The van der Waals surface area contributed by atoms with Crippen molar-refractivity contribution >= 4 is 0 Å². The molecule has 6 heavy (non-hydrogen) atoms. The van der Waals surface area contributed by atoms with Crippen LogP contribution in [0.3, 0.4) is 0 Å². The molecule has 0 saturated carbocycles. The maximum Gasteiger partial charge on any atom is 0.274 e. The Balaban J connectivity index is 3.36. The fourth-order valence-corrected chi connectivity index (χ4v) is 0. The van der Waals surface area contributed by atoms with E-state index in [1.54, 1.807) is 0 Å². The second-order valence-electron chi connectivity index (χ2n) is 1.10. The molecule has 3 nitrogen and oxygen atoms in total. The molecular weight excluding hydrogens is 84.0 g/mol. The molecule has 0 heterocycles. The molecule has 0 amide bonds. The van der Waals surface area contributed by atoms with Crippen molar-refractivity contribution in [2.45, 2.75) is 19.3 Å². The molecule has 0 saturated heterocycles. The first kappa shape index (κ1) is 4.05. The van der Waals surface area contributed by atoms with Gasteiger partial charge in [-0.25, -0.2) is 0 Å². The molecule has 0 rings (SSSR count). The number of rotatable bonds is 2. The average Bonchev–Trinajstić information content (AvgIpc) is 1.68. The molecule has 0 atom stereocenters. The standard InChI is InChI=1S/C3H8O3/c1-2-3(4,5)6/h4-6H,2H2,1H3/i4D. The van der Waals surface area contributed by atoms with Crippen molar-refractivity contribution in [3.05, 3.63) is 0 Å². The van der Waals surface area contributed by atoms with Gasteiger partial charge in [-0.15, -0.1) is 0 Å². The normalized spacial score (nSPS) is 14.2. The molecule has 0 aromatic carbocycles. The first-order chi connectivity index (χ1) is 3.12. The minimum absolute atomic E-state index is 0.00347. The summed E-state index contributed by atoms with van der Waals surface area (Å²) >= 11 is 0. The quantitative estimate of drug-likeness (QED) is 0.385. The highest BCUT2D eigenvalue weighted by Crippen LogP contribution is 1.95. The molecule has 0 spiro atoms. The summed E-state index contributed by atoms with van der Waals surface area (Å²) in [7, 11) is 0. The topological polar surface area (TPSA) is 60.7 Å². The molecular formula is C3H8O3. The van der Waals surface area contributed by atoms with Gasteiger partial charge >= 0.3 is 0 Å². The molecule has 0 fully saturated rings. The summed E-state index contributed by atoms with van der Waals surface area (Å²) in [6.07, 6.45) is -0.00347. The van der Waals surface area contributed by atoms with Crippen LogP contribution in [-0.2, 0) is 0 Å². The Kier molecular flexibility index (Phi) is 1.05. The monoisotopic (exact) mass is 93.1 g/mol. The second kappa shape index (κ2) is 1.55. The van der Waals surface area contributed by atoms with Crippen LogP contribution in [0.2, 0.25) is 0 Å². The SMILES string of the molecule is [2H]OC(O)(O)CC. The third-order valence-electron chi connectivity index (χ3n) is 0.461. The Hall–Kier alpha value is -0.120. The maximum atomic E-state index is 8.28. The van der Waals surface area contributed by atoms with Gasteiger partial charge in [0.05, 0.1) is 0 Å². The zero-order valence-electron chi connectivity index (χ0n) is 4.51. The van der Waals surface area contributed by atoms with Crippen LogP contribution in [-0.4, -0.2) is 22.7 Å². The second-order valence-corrected chi connectivity index (χ2v) is 1.10. The third kappa shape index (κ3) is 3.88. The summed E-state index contributed by atoms with van der Waals surface area (Å²) < 4.78 is 6.01. The predicted octanol–water partition coefficient (Wildman–Crippen LogP) is -0.973. The van der Waals surface area contributed by atoms with E-state index in [0.29, 0.717) is 0 Å². The van der Waals surface area contributed by atoms with Crippen LogP contribution in [0, 0.1) is 0 Å². The van der Waals surface area contributed by atoms with Crippen LogP contribution >= 0.6 is 0 Å². The van der Waals surface area contributed by atoms with Crippen molar-refractivity contribution in [1.82, 2.24) is 0 Å². The van der Waals surface area contributed by atoms with Gasteiger partial charge in [0.25, 0.3) is 5.97 Å². The lowest BCUT2D eigenvalue weighted by Gasteiger charge is -2.08. The summed E-state index contributed by atoms with van der Waals surface area (Å²) in [6, 6.07) is 0. The fourth-order valence-electron chi connectivity index (χ4n) is 0. The van der Waals surface area contributed by atoms with E-state index in [1.165, 1.54) is 6.92 Å². The Bertz CT molecular complexity index is 48.1.